The highest BCUT2D eigenvalue weighted by Crippen LogP contribution is 2.66. The zero-order chi connectivity index (χ0) is 19.6. The summed E-state index contributed by atoms with van der Waals surface area (Å²) in [6, 6.07) is 0. The number of hydrogen-bond acceptors (Lipinski definition) is 4. The molecular weight excluding hydrogens is 340 g/mol. The topological polar surface area (TPSA) is 60.4 Å². The molecule has 4 nitrogen and oxygen atoms in total. The summed E-state index contributed by atoms with van der Waals surface area (Å²) < 4.78 is 5.72. The van der Waals surface area contributed by atoms with Crippen LogP contribution in [0.15, 0.2) is 11.6 Å². The van der Waals surface area contributed by atoms with E-state index in [-0.39, 0.29) is 34.6 Å². The van der Waals surface area contributed by atoms with Crippen LogP contribution in [-0.2, 0) is 19.1 Å². The van der Waals surface area contributed by atoms with Gasteiger partial charge in [-0.05, 0) is 74.7 Å². The van der Waals surface area contributed by atoms with Crippen LogP contribution in [0.2, 0.25) is 0 Å². The van der Waals surface area contributed by atoms with Gasteiger partial charge in [-0.15, -0.1) is 0 Å². The van der Waals surface area contributed by atoms with E-state index >= 15 is 0 Å². The van der Waals surface area contributed by atoms with E-state index in [1.807, 2.05) is 6.08 Å². The highest BCUT2D eigenvalue weighted by atomic mass is 16.5. The first kappa shape index (κ1) is 18.9. The fourth-order valence-electron chi connectivity index (χ4n) is 7.62. The van der Waals surface area contributed by atoms with Crippen LogP contribution < -0.4 is 0 Å². The lowest BCUT2D eigenvalue weighted by molar-refractivity contribution is -0.164. The van der Waals surface area contributed by atoms with E-state index < -0.39 is 0 Å². The van der Waals surface area contributed by atoms with Gasteiger partial charge in [0, 0.05) is 24.7 Å². The van der Waals surface area contributed by atoms with Gasteiger partial charge >= 0.3 is 5.97 Å². The SMILES string of the molecule is CC(=O)OC1CC(=O)C=C2CCC3C4CCC(C(C)=O)C4(C)CCC3C21C. The lowest BCUT2D eigenvalue weighted by Crippen LogP contribution is -2.56. The van der Waals surface area contributed by atoms with Gasteiger partial charge in [-0.25, -0.2) is 0 Å². The van der Waals surface area contributed by atoms with Crippen molar-refractivity contribution in [2.45, 2.75) is 78.7 Å². The molecule has 3 saturated carbocycles. The minimum Gasteiger partial charge on any atom is -0.461 e. The Kier molecular flexibility index (Phi) is 4.40. The van der Waals surface area contributed by atoms with E-state index in [0.717, 1.165) is 38.5 Å². The maximum absolute atomic E-state index is 12.3. The number of ketones is 2. The first-order valence-electron chi connectivity index (χ1n) is 10.6. The number of esters is 1. The van der Waals surface area contributed by atoms with E-state index in [1.165, 1.54) is 12.5 Å². The standard InChI is InChI=1S/C23H32O4/c1-13(24)18-7-8-19-17-6-5-15-11-16(26)12-21(27-14(2)25)23(15,4)20(17)9-10-22(18,19)3/h11,17-21H,5-10,12H2,1-4H3. The average Bonchev–Trinajstić information content (AvgIpc) is 2.93. The number of rotatable bonds is 2. The molecule has 4 aliphatic carbocycles. The van der Waals surface area contributed by atoms with Crippen LogP contribution in [0, 0.1) is 34.5 Å². The van der Waals surface area contributed by atoms with Gasteiger partial charge < -0.3 is 4.74 Å². The quantitative estimate of drug-likeness (QED) is 0.679. The van der Waals surface area contributed by atoms with Gasteiger partial charge in [0.05, 0.1) is 0 Å². The smallest absolute Gasteiger partial charge is 0.302 e. The Bertz CT molecular complexity index is 722. The third-order valence-corrected chi connectivity index (χ3v) is 8.84. The normalized spacial score (nSPS) is 46.0. The second-order valence-electron chi connectivity index (χ2n) is 9.92. The zero-order valence-electron chi connectivity index (χ0n) is 17.0. The minimum absolute atomic E-state index is 0.0883. The monoisotopic (exact) mass is 372 g/mol. The van der Waals surface area contributed by atoms with Crippen LogP contribution in [0.5, 0.6) is 0 Å². The molecule has 27 heavy (non-hydrogen) atoms. The molecule has 0 aromatic rings. The lowest BCUT2D eigenvalue weighted by Gasteiger charge is -2.59. The third-order valence-electron chi connectivity index (χ3n) is 8.84. The number of carbonyl (C=O) groups is 3. The molecule has 0 amide bonds. The van der Waals surface area contributed by atoms with Crippen LogP contribution >= 0.6 is 0 Å². The Morgan fingerprint density at radius 3 is 2.48 bits per heavy atom. The molecule has 4 heteroatoms. The van der Waals surface area contributed by atoms with Crippen molar-refractivity contribution >= 4 is 17.5 Å². The maximum Gasteiger partial charge on any atom is 0.302 e. The Hall–Kier alpha value is -1.45. The van der Waals surface area contributed by atoms with Gasteiger partial charge in [0.15, 0.2) is 5.78 Å². The van der Waals surface area contributed by atoms with Crippen LogP contribution in [0.3, 0.4) is 0 Å². The van der Waals surface area contributed by atoms with Gasteiger partial charge in [0.25, 0.3) is 0 Å². The summed E-state index contributed by atoms with van der Waals surface area (Å²) >= 11 is 0. The molecule has 3 fully saturated rings. The van der Waals surface area contributed by atoms with Crippen molar-refractivity contribution in [3.05, 3.63) is 11.6 Å². The molecule has 0 saturated heterocycles. The summed E-state index contributed by atoms with van der Waals surface area (Å²) in [6.45, 7) is 7.78. The van der Waals surface area contributed by atoms with Gasteiger partial charge in [-0.3, -0.25) is 14.4 Å². The Morgan fingerprint density at radius 1 is 1.07 bits per heavy atom. The molecule has 4 aliphatic rings. The van der Waals surface area contributed by atoms with Crippen LogP contribution in [0.25, 0.3) is 0 Å². The van der Waals surface area contributed by atoms with Crippen molar-refractivity contribution in [3.63, 3.8) is 0 Å². The van der Waals surface area contributed by atoms with Gasteiger partial charge in [-0.1, -0.05) is 19.4 Å². The fraction of sp³-hybridized carbons (Fsp3) is 0.783. The minimum atomic E-state index is -0.343. The highest BCUT2D eigenvalue weighted by Gasteiger charge is 2.62. The van der Waals surface area contributed by atoms with Crippen molar-refractivity contribution in [2.24, 2.45) is 34.5 Å². The summed E-state index contributed by atoms with van der Waals surface area (Å²) in [5.41, 5.74) is 1.07. The number of carbonyl (C=O) groups excluding carboxylic acids is 3. The molecule has 0 N–H and O–H groups in total. The molecule has 4 rings (SSSR count). The summed E-state index contributed by atoms with van der Waals surface area (Å²) in [4.78, 5) is 36.3. The Morgan fingerprint density at radius 2 is 1.81 bits per heavy atom. The van der Waals surface area contributed by atoms with E-state index in [4.69, 9.17) is 4.74 Å². The highest BCUT2D eigenvalue weighted by molar-refractivity contribution is 5.92. The van der Waals surface area contributed by atoms with Crippen molar-refractivity contribution in [1.29, 1.82) is 0 Å². The van der Waals surface area contributed by atoms with Crippen LogP contribution in [0.4, 0.5) is 0 Å². The lowest BCUT2D eigenvalue weighted by atomic mass is 9.46. The first-order valence-corrected chi connectivity index (χ1v) is 10.6. The van der Waals surface area contributed by atoms with Crippen molar-refractivity contribution in [2.75, 3.05) is 0 Å². The molecular formula is C23H32O4. The number of ether oxygens (including phenoxy) is 1. The van der Waals surface area contributed by atoms with E-state index in [2.05, 4.69) is 13.8 Å². The molecule has 148 valence electrons. The average molecular weight is 373 g/mol. The van der Waals surface area contributed by atoms with Gasteiger partial charge in [-0.2, -0.15) is 0 Å². The Labute approximate surface area is 162 Å². The van der Waals surface area contributed by atoms with Crippen molar-refractivity contribution in [1.82, 2.24) is 0 Å². The maximum atomic E-state index is 12.3. The molecule has 0 heterocycles. The summed E-state index contributed by atoms with van der Waals surface area (Å²) in [7, 11) is 0. The second-order valence-corrected chi connectivity index (χ2v) is 9.92. The largest absolute Gasteiger partial charge is 0.461 e. The number of Topliss-reactive ketones (excluding diaryl/α,β-unsaturated/α-hetero) is 1. The molecule has 0 aromatic carbocycles. The summed E-state index contributed by atoms with van der Waals surface area (Å²) in [5, 5.41) is 0. The zero-order valence-corrected chi connectivity index (χ0v) is 17.0. The van der Waals surface area contributed by atoms with Crippen LogP contribution in [-0.4, -0.2) is 23.6 Å². The van der Waals surface area contributed by atoms with Gasteiger partial charge in [0.1, 0.15) is 11.9 Å². The molecule has 0 aliphatic heterocycles. The molecule has 7 atom stereocenters. The molecule has 0 radical (unpaired) electrons. The van der Waals surface area contributed by atoms with Crippen LogP contribution in [0.1, 0.15) is 72.6 Å². The molecule has 0 bridgehead atoms. The third kappa shape index (κ3) is 2.66. The molecule has 7 unspecified atom stereocenters. The number of hydrogen-bond donors (Lipinski definition) is 0. The molecule has 0 spiro atoms. The van der Waals surface area contributed by atoms with Crippen molar-refractivity contribution in [3.8, 4) is 0 Å². The predicted molar refractivity (Wildman–Crippen MR) is 102 cm³/mol. The van der Waals surface area contributed by atoms with E-state index in [9.17, 15) is 14.4 Å². The summed E-state index contributed by atoms with van der Waals surface area (Å²) in [5.74, 6) is 1.90. The van der Waals surface area contributed by atoms with E-state index in [1.54, 1.807) is 6.92 Å². The predicted octanol–water partition coefficient (Wildman–Crippen LogP) is 4.27. The molecule has 0 aromatic heterocycles. The fourth-order valence-corrected chi connectivity index (χ4v) is 7.62. The first-order chi connectivity index (χ1) is 12.7. The summed E-state index contributed by atoms with van der Waals surface area (Å²) in [6.07, 6.45) is 8.09. The van der Waals surface area contributed by atoms with Gasteiger partial charge in [0.2, 0.25) is 0 Å². The van der Waals surface area contributed by atoms with E-state index in [0.29, 0.717) is 30.0 Å². The second kappa shape index (κ2) is 6.28. The Balaban J connectivity index is 1.70. The number of fused-ring (bicyclic) bond motifs is 5. The van der Waals surface area contributed by atoms with Crippen molar-refractivity contribution < 1.29 is 19.1 Å².